The van der Waals surface area contributed by atoms with E-state index in [1.807, 2.05) is 25.1 Å². The maximum absolute atomic E-state index is 11.8. The zero-order chi connectivity index (χ0) is 13.4. The van der Waals surface area contributed by atoms with E-state index in [0.717, 1.165) is 24.2 Å². The van der Waals surface area contributed by atoms with Crippen LogP contribution in [0, 0.1) is 0 Å². The first-order chi connectivity index (χ1) is 9.22. The number of imide groups is 1. The molecule has 0 bridgehead atoms. The second-order valence-corrected chi connectivity index (χ2v) is 4.70. The quantitative estimate of drug-likeness (QED) is 0.778. The van der Waals surface area contributed by atoms with Gasteiger partial charge in [0.25, 0.3) is 11.8 Å². The lowest BCUT2D eigenvalue weighted by molar-refractivity contribution is -0.139. The van der Waals surface area contributed by atoms with E-state index >= 15 is 0 Å². The van der Waals surface area contributed by atoms with Crippen molar-refractivity contribution < 1.29 is 14.3 Å². The summed E-state index contributed by atoms with van der Waals surface area (Å²) in [5.41, 5.74) is 2.16. The fraction of sp³-hybridized carbons (Fsp3) is 0.333. The summed E-state index contributed by atoms with van der Waals surface area (Å²) >= 11 is 0. The Morgan fingerprint density at radius 3 is 2.68 bits per heavy atom. The monoisotopic (exact) mass is 257 g/mol. The first-order valence-corrected chi connectivity index (χ1v) is 6.52. The van der Waals surface area contributed by atoms with Gasteiger partial charge >= 0.3 is 0 Å². The van der Waals surface area contributed by atoms with Crippen LogP contribution in [-0.2, 0) is 16.0 Å². The zero-order valence-electron chi connectivity index (χ0n) is 10.8. The SMILES string of the molecule is CCOc1cccc2c1[C@@H](N1C(=O)C=CC1=O)CC2. The molecule has 0 saturated carbocycles. The number of carbonyl (C=O) groups excluding carboxylic acids is 2. The lowest BCUT2D eigenvalue weighted by Gasteiger charge is -2.24. The van der Waals surface area contributed by atoms with Crippen molar-refractivity contribution >= 4 is 11.8 Å². The topological polar surface area (TPSA) is 46.6 Å². The molecule has 1 aliphatic carbocycles. The summed E-state index contributed by atoms with van der Waals surface area (Å²) in [6.45, 7) is 2.50. The van der Waals surface area contributed by atoms with Gasteiger partial charge in [-0.2, -0.15) is 0 Å². The third-order valence-corrected chi connectivity index (χ3v) is 3.63. The highest BCUT2D eigenvalue weighted by molar-refractivity contribution is 6.13. The number of aryl methyl sites for hydroxylation is 1. The van der Waals surface area contributed by atoms with Crippen LogP contribution in [0.25, 0.3) is 0 Å². The van der Waals surface area contributed by atoms with Gasteiger partial charge in [0.1, 0.15) is 5.75 Å². The average Bonchev–Trinajstić information content (AvgIpc) is 2.95. The summed E-state index contributed by atoms with van der Waals surface area (Å²) in [7, 11) is 0. The minimum absolute atomic E-state index is 0.187. The second kappa shape index (κ2) is 4.53. The highest BCUT2D eigenvalue weighted by Crippen LogP contribution is 2.42. The Morgan fingerprint density at radius 2 is 2.00 bits per heavy atom. The molecule has 1 heterocycles. The number of nitrogens with zero attached hydrogens (tertiary/aromatic N) is 1. The summed E-state index contributed by atoms with van der Waals surface area (Å²) in [6, 6.07) is 5.71. The molecule has 4 nitrogen and oxygen atoms in total. The maximum Gasteiger partial charge on any atom is 0.254 e. The van der Waals surface area contributed by atoms with Gasteiger partial charge in [-0.3, -0.25) is 14.5 Å². The number of rotatable bonds is 3. The molecular formula is C15H15NO3. The molecule has 98 valence electrons. The Kier molecular flexibility index (Phi) is 2.85. The van der Waals surface area contributed by atoms with Gasteiger partial charge in [-0.25, -0.2) is 0 Å². The Labute approximate surface area is 111 Å². The summed E-state index contributed by atoms with van der Waals surface area (Å²) in [6.07, 6.45) is 4.32. The molecule has 2 aliphatic rings. The average molecular weight is 257 g/mol. The number of hydrogen-bond donors (Lipinski definition) is 0. The van der Waals surface area contributed by atoms with E-state index in [2.05, 4.69) is 0 Å². The van der Waals surface area contributed by atoms with Gasteiger partial charge in [0.15, 0.2) is 0 Å². The van der Waals surface area contributed by atoms with Crippen LogP contribution in [0.2, 0.25) is 0 Å². The molecule has 0 aromatic heterocycles. The Balaban J connectivity index is 2.01. The fourth-order valence-corrected chi connectivity index (χ4v) is 2.88. The van der Waals surface area contributed by atoms with Crippen molar-refractivity contribution in [3.8, 4) is 5.75 Å². The fourth-order valence-electron chi connectivity index (χ4n) is 2.88. The lowest BCUT2D eigenvalue weighted by Crippen LogP contribution is -2.33. The van der Waals surface area contributed by atoms with Crippen LogP contribution in [0.5, 0.6) is 5.75 Å². The summed E-state index contributed by atoms with van der Waals surface area (Å²) in [4.78, 5) is 25.0. The van der Waals surface area contributed by atoms with E-state index in [1.54, 1.807) is 0 Å². The largest absolute Gasteiger partial charge is 0.494 e. The molecule has 19 heavy (non-hydrogen) atoms. The Morgan fingerprint density at radius 1 is 1.26 bits per heavy atom. The van der Waals surface area contributed by atoms with Crippen LogP contribution in [0.3, 0.4) is 0 Å². The van der Waals surface area contributed by atoms with Gasteiger partial charge in [-0.15, -0.1) is 0 Å². The molecular weight excluding hydrogens is 242 g/mol. The lowest BCUT2D eigenvalue weighted by atomic mass is 10.1. The minimum atomic E-state index is -0.228. The third kappa shape index (κ3) is 1.84. The van der Waals surface area contributed by atoms with Crippen LogP contribution in [0.15, 0.2) is 30.4 Å². The van der Waals surface area contributed by atoms with Gasteiger partial charge in [0, 0.05) is 17.7 Å². The highest BCUT2D eigenvalue weighted by Gasteiger charge is 2.37. The van der Waals surface area contributed by atoms with Crippen molar-refractivity contribution in [3.63, 3.8) is 0 Å². The standard InChI is InChI=1S/C15H15NO3/c1-2-19-12-5-3-4-10-6-7-11(15(10)12)16-13(17)8-9-14(16)18/h3-5,8-9,11H,2,6-7H2,1H3/t11-/m0/s1. The van der Waals surface area contributed by atoms with Crippen molar-refractivity contribution in [1.82, 2.24) is 4.90 Å². The van der Waals surface area contributed by atoms with E-state index in [0.29, 0.717) is 6.61 Å². The van der Waals surface area contributed by atoms with Gasteiger partial charge in [-0.05, 0) is 31.4 Å². The maximum atomic E-state index is 11.8. The molecule has 0 fully saturated rings. The van der Waals surface area contributed by atoms with E-state index in [-0.39, 0.29) is 17.9 Å². The second-order valence-electron chi connectivity index (χ2n) is 4.70. The normalized spacial score (nSPS) is 21.1. The molecule has 1 aromatic carbocycles. The third-order valence-electron chi connectivity index (χ3n) is 3.63. The summed E-state index contributed by atoms with van der Waals surface area (Å²) < 4.78 is 5.64. The predicted molar refractivity (Wildman–Crippen MR) is 69.7 cm³/mol. The predicted octanol–water partition coefficient (Wildman–Crippen LogP) is 2.00. The molecule has 1 atom stereocenters. The van der Waals surface area contributed by atoms with Gasteiger partial charge in [-0.1, -0.05) is 12.1 Å². The summed E-state index contributed by atoms with van der Waals surface area (Å²) in [5.74, 6) is 0.332. The molecule has 0 unspecified atom stereocenters. The van der Waals surface area contributed by atoms with E-state index < -0.39 is 0 Å². The molecule has 1 aromatic rings. The molecule has 2 amide bonds. The van der Waals surface area contributed by atoms with Crippen molar-refractivity contribution in [2.75, 3.05) is 6.61 Å². The molecule has 1 aliphatic heterocycles. The van der Waals surface area contributed by atoms with Crippen LogP contribution >= 0.6 is 0 Å². The van der Waals surface area contributed by atoms with Crippen molar-refractivity contribution in [1.29, 1.82) is 0 Å². The van der Waals surface area contributed by atoms with Crippen LogP contribution in [0.1, 0.15) is 30.5 Å². The number of amides is 2. The Bertz CT molecular complexity index is 559. The van der Waals surface area contributed by atoms with Gasteiger partial charge in [0.05, 0.1) is 12.6 Å². The van der Waals surface area contributed by atoms with Gasteiger partial charge < -0.3 is 4.74 Å². The van der Waals surface area contributed by atoms with Crippen molar-refractivity contribution in [2.24, 2.45) is 0 Å². The molecule has 4 heteroatoms. The zero-order valence-corrected chi connectivity index (χ0v) is 10.8. The van der Waals surface area contributed by atoms with Gasteiger partial charge in [0.2, 0.25) is 0 Å². The molecule has 0 saturated heterocycles. The number of ether oxygens (including phenoxy) is 1. The van der Waals surface area contributed by atoms with Crippen LogP contribution < -0.4 is 4.74 Å². The number of carbonyl (C=O) groups is 2. The van der Waals surface area contributed by atoms with Crippen LogP contribution in [-0.4, -0.2) is 23.3 Å². The number of fused-ring (bicyclic) bond motifs is 1. The smallest absolute Gasteiger partial charge is 0.254 e. The molecule has 0 radical (unpaired) electrons. The van der Waals surface area contributed by atoms with E-state index in [9.17, 15) is 9.59 Å². The first kappa shape index (κ1) is 12.0. The van der Waals surface area contributed by atoms with Crippen molar-refractivity contribution in [3.05, 3.63) is 41.5 Å². The molecule has 0 N–H and O–H groups in total. The summed E-state index contributed by atoms with van der Waals surface area (Å²) in [5, 5.41) is 0. The van der Waals surface area contributed by atoms with E-state index in [1.165, 1.54) is 22.6 Å². The van der Waals surface area contributed by atoms with E-state index in [4.69, 9.17) is 4.74 Å². The Hall–Kier alpha value is -2.10. The molecule has 0 spiro atoms. The number of benzene rings is 1. The first-order valence-electron chi connectivity index (χ1n) is 6.52. The minimum Gasteiger partial charge on any atom is -0.494 e. The highest BCUT2D eigenvalue weighted by atomic mass is 16.5. The molecule has 3 rings (SSSR count). The number of hydrogen-bond acceptors (Lipinski definition) is 3. The van der Waals surface area contributed by atoms with Crippen LogP contribution in [0.4, 0.5) is 0 Å². The van der Waals surface area contributed by atoms with Crippen molar-refractivity contribution in [2.45, 2.75) is 25.8 Å².